The smallest absolute Gasteiger partial charge is 0.200 e. The SMILES string of the molecule is COc1ccc(-c2coc3cc(OCc4ccc([NH+]([O-])O)cc4)ccc3c2=O)cc1OC. The van der Waals surface area contributed by atoms with Gasteiger partial charge in [0.15, 0.2) is 22.6 Å². The Labute approximate surface area is 183 Å². The van der Waals surface area contributed by atoms with Gasteiger partial charge in [0.2, 0.25) is 0 Å². The van der Waals surface area contributed by atoms with Crippen LogP contribution in [0.15, 0.2) is 76.1 Å². The van der Waals surface area contributed by atoms with Gasteiger partial charge in [-0.3, -0.25) is 4.79 Å². The zero-order valence-corrected chi connectivity index (χ0v) is 17.5. The number of methoxy groups -OCH3 is 2. The topological polar surface area (TPSA) is 106 Å². The van der Waals surface area contributed by atoms with Crippen LogP contribution < -0.4 is 24.9 Å². The van der Waals surface area contributed by atoms with Crippen molar-refractivity contribution in [3.05, 3.63) is 87.9 Å². The van der Waals surface area contributed by atoms with Crippen molar-refractivity contribution in [1.29, 1.82) is 0 Å². The molecule has 4 aromatic rings. The highest BCUT2D eigenvalue weighted by Gasteiger charge is 2.13. The van der Waals surface area contributed by atoms with Crippen molar-refractivity contribution < 1.29 is 29.1 Å². The number of quaternary nitrogens is 1. The molecule has 164 valence electrons. The fraction of sp³-hybridized carbons (Fsp3) is 0.125. The van der Waals surface area contributed by atoms with Crippen LogP contribution in [-0.2, 0) is 6.61 Å². The summed E-state index contributed by atoms with van der Waals surface area (Å²) in [6.07, 6.45) is 1.42. The third-order valence-corrected chi connectivity index (χ3v) is 5.05. The van der Waals surface area contributed by atoms with Crippen molar-refractivity contribution in [2.75, 3.05) is 14.2 Å². The lowest BCUT2D eigenvalue weighted by Crippen LogP contribution is -2.99. The minimum atomic E-state index is -0.977. The molecule has 8 nitrogen and oxygen atoms in total. The normalized spacial score (nSPS) is 11.9. The molecule has 4 rings (SSSR count). The predicted octanol–water partition coefficient (Wildman–Crippen LogP) is 3.46. The molecule has 2 N–H and O–H groups in total. The Balaban J connectivity index is 1.58. The second-order valence-electron chi connectivity index (χ2n) is 7.00. The summed E-state index contributed by atoms with van der Waals surface area (Å²) in [5.41, 5.74) is 2.33. The van der Waals surface area contributed by atoms with Crippen LogP contribution >= 0.6 is 0 Å². The molecule has 1 heterocycles. The van der Waals surface area contributed by atoms with E-state index in [4.69, 9.17) is 23.8 Å². The van der Waals surface area contributed by atoms with Gasteiger partial charge in [0.1, 0.15) is 24.2 Å². The van der Waals surface area contributed by atoms with Crippen molar-refractivity contribution in [3.63, 3.8) is 0 Å². The summed E-state index contributed by atoms with van der Waals surface area (Å²) in [6, 6.07) is 16.7. The van der Waals surface area contributed by atoms with Crippen molar-refractivity contribution in [1.82, 2.24) is 0 Å². The van der Waals surface area contributed by atoms with E-state index in [9.17, 15) is 10.0 Å². The summed E-state index contributed by atoms with van der Waals surface area (Å²) in [7, 11) is 3.08. The van der Waals surface area contributed by atoms with E-state index >= 15 is 0 Å². The summed E-state index contributed by atoms with van der Waals surface area (Å²) >= 11 is 0. The van der Waals surface area contributed by atoms with Crippen LogP contribution in [0.3, 0.4) is 0 Å². The maximum absolute atomic E-state index is 13.0. The van der Waals surface area contributed by atoms with Gasteiger partial charge in [0, 0.05) is 18.2 Å². The van der Waals surface area contributed by atoms with Gasteiger partial charge in [-0.15, -0.1) is 0 Å². The summed E-state index contributed by atoms with van der Waals surface area (Å²) in [6.45, 7) is 0.249. The van der Waals surface area contributed by atoms with Gasteiger partial charge < -0.3 is 23.8 Å². The minimum absolute atomic E-state index is 0.172. The average Bonchev–Trinajstić information content (AvgIpc) is 2.82. The Morgan fingerprint density at radius 1 is 0.969 bits per heavy atom. The first kappa shape index (κ1) is 21.4. The van der Waals surface area contributed by atoms with Gasteiger partial charge >= 0.3 is 0 Å². The molecule has 0 fully saturated rings. The molecule has 0 aliphatic rings. The summed E-state index contributed by atoms with van der Waals surface area (Å²) in [4.78, 5) is 13.0. The van der Waals surface area contributed by atoms with Gasteiger partial charge in [-0.05, 0) is 47.5 Å². The second kappa shape index (κ2) is 9.11. The molecule has 0 spiro atoms. The highest BCUT2D eigenvalue weighted by Crippen LogP contribution is 2.32. The second-order valence-corrected chi connectivity index (χ2v) is 7.00. The van der Waals surface area contributed by atoms with E-state index in [1.807, 2.05) is 0 Å². The van der Waals surface area contributed by atoms with Gasteiger partial charge in [-0.2, -0.15) is 5.23 Å². The van der Waals surface area contributed by atoms with Gasteiger partial charge in [-0.25, -0.2) is 5.21 Å². The number of rotatable bonds is 7. The van der Waals surface area contributed by atoms with Crippen LogP contribution in [0, 0.1) is 5.21 Å². The van der Waals surface area contributed by atoms with E-state index in [0.717, 1.165) is 5.56 Å². The Kier molecular flexibility index (Phi) is 6.09. The summed E-state index contributed by atoms with van der Waals surface area (Å²) < 4.78 is 22.1. The highest BCUT2D eigenvalue weighted by molar-refractivity contribution is 5.83. The monoisotopic (exact) mass is 435 g/mol. The van der Waals surface area contributed by atoms with Crippen molar-refractivity contribution >= 4 is 16.7 Å². The zero-order chi connectivity index (χ0) is 22.7. The van der Waals surface area contributed by atoms with E-state index in [1.54, 1.807) is 55.6 Å². The molecule has 1 atom stereocenters. The first-order chi connectivity index (χ1) is 15.5. The number of ether oxygens (including phenoxy) is 3. The molecule has 1 aromatic heterocycles. The summed E-state index contributed by atoms with van der Waals surface area (Å²) in [5, 5.41) is 19.4. The lowest BCUT2D eigenvalue weighted by atomic mass is 10.0. The summed E-state index contributed by atoms with van der Waals surface area (Å²) in [5.74, 6) is 1.62. The molecule has 0 saturated heterocycles. The number of hydrogen-bond donors (Lipinski definition) is 2. The first-order valence-electron chi connectivity index (χ1n) is 9.73. The molecule has 32 heavy (non-hydrogen) atoms. The molecule has 1 unspecified atom stereocenters. The number of fused-ring (bicyclic) bond motifs is 1. The number of benzene rings is 3. The quantitative estimate of drug-likeness (QED) is 0.428. The fourth-order valence-corrected chi connectivity index (χ4v) is 3.31. The average molecular weight is 435 g/mol. The molecule has 0 radical (unpaired) electrons. The van der Waals surface area contributed by atoms with E-state index in [2.05, 4.69) is 0 Å². The van der Waals surface area contributed by atoms with Gasteiger partial charge in [0.25, 0.3) is 0 Å². The minimum Gasteiger partial charge on any atom is -0.595 e. The van der Waals surface area contributed by atoms with E-state index in [1.165, 1.54) is 25.5 Å². The van der Waals surface area contributed by atoms with Crippen LogP contribution in [0.5, 0.6) is 17.2 Å². The molecular formula is C24H21NO7. The van der Waals surface area contributed by atoms with Crippen LogP contribution in [0.2, 0.25) is 0 Å². The molecule has 0 amide bonds. The number of hydrogen-bond acceptors (Lipinski definition) is 7. The molecule has 0 aliphatic carbocycles. The van der Waals surface area contributed by atoms with E-state index in [0.29, 0.717) is 39.3 Å². The predicted molar refractivity (Wildman–Crippen MR) is 118 cm³/mol. The standard InChI is InChI=1S/C24H21NO7/c1-29-21-10-5-16(11-23(21)30-2)20-14-32-22-12-18(8-9-19(22)24(20)26)31-13-15-3-6-17(7-4-15)25(27)28/h3-12,14,25,27H,13H2,1-2H3. The Bertz CT molecular complexity index is 1300. The zero-order valence-electron chi connectivity index (χ0n) is 17.5. The Hall–Kier alpha value is -3.85. The number of nitrogens with one attached hydrogen (secondary N) is 1. The van der Waals surface area contributed by atoms with Crippen molar-refractivity contribution in [3.8, 4) is 28.4 Å². The maximum atomic E-state index is 13.0. The molecule has 3 aromatic carbocycles. The fourth-order valence-electron chi connectivity index (χ4n) is 3.31. The van der Waals surface area contributed by atoms with Gasteiger partial charge in [0.05, 0.1) is 25.2 Å². The lowest BCUT2D eigenvalue weighted by Gasteiger charge is -2.12. The maximum Gasteiger partial charge on any atom is 0.200 e. The Morgan fingerprint density at radius 2 is 1.72 bits per heavy atom. The third kappa shape index (κ3) is 4.28. The van der Waals surface area contributed by atoms with Crippen LogP contribution in [0.1, 0.15) is 5.56 Å². The molecular weight excluding hydrogens is 414 g/mol. The van der Waals surface area contributed by atoms with E-state index in [-0.39, 0.29) is 17.7 Å². The van der Waals surface area contributed by atoms with Crippen molar-refractivity contribution in [2.45, 2.75) is 6.61 Å². The highest BCUT2D eigenvalue weighted by atomic mass is 16.8. The first-order valence-corrected chi connectivity index (χ1v) is 9.73. The van der Waals surface area contributed by atoms with Crippen molar-refractivity contribution in [2.24, 2.45) is 0 Å². The van der Waals surface area contributed by atoms with E-state index < -0.39 is 5.23 Å². The van der Waals surface area contributed by atoms with Crippen LogP contribution in [-0.4, -0.2) is 19.4 Å². The lowest BCUT2D eigenvalue weighted by molar-refractivity contribution is -0.991. The van der Waals surface area contributed by atoms with Crippen LogP contribution in [0.25, 0.3) is 22.1 Å². The van der Waals surface area contributed by atoms with Gasteiger partial charge in [-0.1, -0.05) is 6.07 Å². The molecule has 8 heteroatoms. The molecule has 0 aliphatic heterocycles. The third-order valence-electron chi connectivity index (χ3n) is 5.05. The van der Waals surface area contributed by atoms with Crippen LogP contribution in [0.4, 0.5) is 5.69 Å². The molecule has 0 bridgehead atoms. The largest absolute Gasteiger partial charge is 0.595 e. The molecule has 0 saturated carbocycles. The Morgan fingerprint density at radius 3 is 2.41 bits per heavy atom.